The molecule has 0 saturated heterocycles. The molecule has 11 heavy (non-hydrogen) atoms. The molecule has 4 heteroatoms. The van der Waals surface area contributed by atoms with Crippen LogP contribution in [0.25, 0.3) is 0 Å². The third-order valence-corrected chi connectivity index (χ3v) is 2.55. The van der Waals surface area contributed by atoms with E-state index in [2.05, 4.69) is 0 Å². The van der Waals surface area contributed by atoms with Gasteiger partial charge in [-0.25, -0.2) is 0 Å². The van der Waals surface area contributed by atoms with E-state index < -0.39 is 8.03 Å². The predicted octanol–water partition coefficient (Wildman–Crippen LogP) is 1.26. The lowest BCUT2D eigenvalue weighted by atomic mass is 9.98. The molecule has 1 rings (SSSR count). The second-order valence-corrected chi connectivity index (χ2v) is 4.09. The Morgan fingerprint density at radius 2 is 1.82 bits per heavy atom. The summed E-state index contributed by atoms with van der Waals surface area (Å²) in [5, 5.41) is 0. The van der Waals surface area contributed by atoms with E-state index in [4.69, 9.17) is 4.52 Å². The summed E-state index contributed by atoms with van der Waals surface area (Å²) in [5.74, 6) is 0. The molecule has 0 spiro atoms. The van der Waals surface area contributed by atoms with E-state index in [1.54, 1.807) is 6.66 Å². The van der Waals surface area contributed by atoms with Gasteiger partial charge in [-0.1, -0.05) is 19.3 Å². The minimum absolute atomic E-state index is 0. The molecule has 0 heterocycles. The van der Waals surface area contributed by atoms with Crippen molar-refractivity contribution in [2.45, 2.75) is 38.2 Å². The molecular weight excluding hydrogens is 174 g/mol. The first kappa shape index (κ1) is 11.7. The van der Waals surface area contributed by atoms with Gasteiger partial charge in [-0.2, -0.15) is 0 Å². The topological polar surface area (TPSA) is 26.3 Å². The largest absolute Gasteiger partial charge is 0.327 e. The molecule has 1 aliphatic carbocycles. The first-order valence-electron chi connectivity index (χ1n) is 3.96. The fourth-order valence-corrected chi connectivity index (χ4v) is 2.12. The van der Waals surface area contributed by atoms with Crippen LogP contribution in [0.5, 0.6) is 0 Å². The van der Waals surface area contributed by atoms with Gasteiger partial charge in [0, 0.05) is 6.66 Å². The summed E-state index contributed by atoms with van der Waals surface area (Å²) < 4.78 is 15.9. The molecule has 0 radical (unpaired) electrons. The van der Waals surface area contributed by atoms with Crippen molar-refractivity contribution in [2.75, 3.05) is 6.66 Å². The van der Waals surface area contributed by atoms with Crippen LogP contribution in [0.1, 0.15) is 32.1 Å². The average molecular weight is 192 g/mol. The van der Waals surface area contributed by atoms with Gasteiger partial charge in [-0.05, 0) is 12.8 Å². The summed E-state index contributed by atoms with van der Waals surface area (Å²) in [5.41, 5.74) is 0. The van der Waals surface area contributed by atoms with Crippen LogP contribution in [0, 0.1) is 0 Å². The van der Waals surface area contributed by atoms with Crippen LogP contribution in [0.4, 0.5) is 0 Å². The van der Waals surface area contributed by atoms with Crippen LogP contribution in [0.3, 0.4) is 0 Å². The van der Waals surface area contributed by atoms with Crippen LogP contribution in [-0.4, -0.2) is 30.1 Å². The minimum Gasteiger partial charge on any atom is -0.327 e. The Balaban J connectivity index is 0.000001000. The molecule has 66 valence electrons. The highest BCUT2D eigenvalue weighted by Crippen LogP contribution is 2.28. The molecule has 1 saturated carbocycles. The van der Waals surface area contributed by atoms with Gasteiger partial charge in [0.1, 0.15) is 0 Å². The van der Waals surface area contributed by atoms with Gasteiger partial charge in [0.05, 0.1) is 6.10 Å². The zero-order valence-corrected chi connectivity index (χ0v) is 7.43. The smallest absolute Gasteiger partial charge is 0.188 e. The lowest BCUT2D eigenvalue weighted by Gasteiger charge is -2.20. The third-order valence-electron chi connectivity index (χ3n) is 1.88. The van der Waals surface area contributed by atoms with E-state index in [1.165, 1.54) is 19.3 Å². The number of rotatable bonds is 2. The molecular formula is C7H18AlO2P. The quantitative estimate of drug-likeness (QED) is 0.486. The normalized spacial score (nSPS) is 22.3. The highest BCUT2D eigenvalue weighted by Gasteiger charge is 2.14. The van der Waals surface area contributed by atoms with Gasteiger partial charge in [0.2, 0.25) is 0 Å². The van der Waals surface area contributed by atoms with E-state index in [0.717, 1.165) is 12.8 Å². The Labute approximate surface area is 79.7 Å². The van der Waals surface area contributed by atoms with E-state index >= 15 is 0 Å². The van der Waals surface area contributed by atoms with Gasteiger partial charge in [-0.15, -0.1) is 0 Å². The Morgan fingerprint density at radius 1 is 1.27 bits per heavy atom. The maximum atomic E-state index is 10.7. The van der Waals surface area contributed by atoms with Gasteiger partial charge in [0.15, 0.2) is 25.4 Å². The Kier molecular flexibility index (Phi) is 6.67. The first-order chi connectivity index (χ1) is 4.79. The van der Waals surface area contributed by atoms with Crippen molar-refractivity contribution in [1.82, 2.24) is 0 Å². The van der Waals surface area contributed by atoms with E-state index in [1.807, 2.05) is 0 Å². The number of hydrogen-bond donors (Lipinski definition) is 0. The van der Waals surface area contributed by atoms with Gasteiger partial charge in [0.25, 0.3) is 0 Å². The molecule has 0 amide bonds. The molecule has 2 nitrogen and oxygen atoms in total. The molecule has 0 N–H and O–H groups in total. The standard InChI is InChI=1S/C7H15O2P.Al.3H/c1-10(8)9-7-5-3-2-4-6-7;;;;/h7,10H,2-6H2,1H3;;;;. The van der Waals surface area contributed by atoms with Crippen LogP contribution >= 0.6 is 8.03 Å². The molecule has 1 fully saturated rings. The van der Waals surface area contributed by atoms with Gasteiger partial charge in [-0.3, -0.25) is 4.57 Å². The van der Waals surface area contributed by atoms with Gasteiger partial charge < -0.3 is 4.52 Å². The molecule has 1 atom stereocenters. The summed E-state index contributed by atoms with van der Waals surface area (Å²) in [4.78, 5) is 0. The van der Waals surface area contributed by atoms with Crippen LogP contribution in [0.2, 0.25) is 0 Å². The SMILES string of the molecule is C[PH](=O)OC1CCCCC1.[AlH3]. The zero-order chi connectivity index (χ0) is 7.40. The van der Waals surface area contributed by atoms with Gasteiger partial charge >= 0.3 is 0 Å². The van der Waals surface area contributed by atoms with Crippen molar-refractivity contribution in [2.24, 2.45) is 0 Å². The maximum Gasteiger partial charge on any atom is 0.188 e. The van der Waals surface area contributed by atoms with E-state index in [-0.39, 0.29) is 17.4 Å². The monoisotopic (exact) mass is 192 g/mol. The average Bonchev–Trinajstić information content (AvgIpc) is 1.88. The highest BCUT2D eigenvalue weighted by molar-refractivity contribution is 7.38. The lowest BCUT2D eigenvalue weighted by Crippen LogP contribution is -2.12. The first-order valence-corrected chi connectivity index (χ1v) is 5.78. The second kappa shape index (κ2) is 6.26. The van der Waals surface area contributed by atoms with E-state index in [9.17, 15) is 4.57 Å². The summed E-state index contributed by atoms with van der Waals surface area (Å²) >= 11 is 0. The maximum absolute atomic E-state index is 10.7. The second-order valence-electron chi connectivity index (χ2n) is 2.87. The van der Waals surface area contributed by atoms with Crippen molar-refractivity contribution in [1.29, 1.82) is 0 Å². The van der Waals surface area contributed by atoms with Crippen molar-refractivity contribution in [3.8, 4) is 0 Å². The minimum atomic E-state index is -1.68. The van der Waals surface area contributed by atoms with Crippen molar-refractivity contribution in [3.05, 3.63) is 0 Å². The molecule has 0 aromatic carbocycles. The zero-order valence-electron chi connectivity index (χ0n) is 6.43. The number of hydrogen-bond acceptors (Lipinski definition) is 2. The van der Waals surface area contributed by atoms with Crippen LogP contribution in [0.15, 0.2) is 0 Å². The third kappa shape index (κ3) is 5.04. The Hall–Kier alpha value is 0.722. The molecule has 0 aromatic heterocycles. The summed E-state index contributed by atoms with van der Waals surface area (Å²) in [6, 6.07) is 0. The summed E-state index contributed by atoms with van der Waals surface area (Å²) in [7, 11) is -1.68. The summed E-state index contributed by atoms with van der Waals surface area (Å²) in [6.45, 7) is 1.67. The van der Waals surface area contributed by atoms with Crippen molar-refractivity contribution < 1.29 is 9.09 Å². The van der Waals surface area contributed by atoms with E-state index in [0.29, 0.717) is 6.10 Å². The van der Waals surface area contributed by atoms with Crippen LogP contribution < -0.4 is 0 Å². The Bertz CT molecular complexity index is 124. The van der Waals surface area contributed by atoms with Crippen molar-refractivity contribution >= 4 is 25.4 Å². The molecule has 0 aromatic rings. The fraction of sp³-hybridized carbons (Fsp3) is 1.00. The molecule has 1 unspecified atom stereocenters. The lowest BCUT2D eigenvalue weighted by molar-refractivity contribution is 0.167. The molecule has 0 bridgehead atoms. The van der Waals surface area contributed by atoms with Crippen LogP contribution in [-0.2, 0) is 9.09 Å². The fourth-order valence-electron chi connectivity index (χ4n) is 1.42. The predicted molar refractivity (Wildman–Crippen MR) is 52.8 cm³/mol. The molecule has 1 aliphatic rings. The summed E-state index contributed by atoms with van der Waals surface area (Å²) in [6.07, 6.45) is 6.36. The van der Waals surface area contributed by atoms with Crippen molar-refractivity contribution in [3.63, 3.8) is 0 Å². The Morgan fingerprint density at radius 3 is 2.27 bits per heavy atom. The highest BCUT2D eigenvalue weighted by atomic mass is 31.1. The molecule has 0 aliphatic heterocycles.